The lowest BCUT2D eigenvalue weighted by molar-refractivity contribution is -0.151. The minimum absolute atomic E-state index is 0.174. The predicted molar refractivity (Wildman–Crippen MR) is 143 cm³/mol. The highest BCUT2D eigenvalue weighted by Crippen LogP contribution is 2.31. The van der Waals surface area contributed by atoms with Crippen LogP contribution in [0.1, 0.15) is 76.2 Å². The summed E-state index contributed by atoms with van der Waals surface area (Å²) >= 11 is 0. The summed E-state index contributed by atoms with van der Waals surface area (Å²) in [4.78, 5) is 38.0. The summed E-state index contributed by atoms with van der Waals surface area (Å²) in [5.74, 6) is -1.48. The number of amides is 2. The van der Waals surface area contributed by atoms with Gasteiger partial charge in [-0.2, -0.15) is 0 Å². The van der Waals surface area contributed by atoms with Crippen molar-refractivity contribution in [1.82, 2.24) is 10.2 Å². The molecule has 3 atom stereocenters. The number of nitrogens with zero attached hydrogens (tertiary/aromatic N) is 1. The Labute approximate surface area is 225 Å². The van der Waals surface area contributed by atoms with E-state index in [1.165, 1.54) is 4.90 Å². The number of carboxylic acid groups (broad SMARTS) is 1. The van der Waals surface area contributed by atoms with Gasteiger partial charge in [0, 0.05) is 19.7 Å². The van der Waals surface area contributed by atoms with Crippen molar-refractivity contribution in [3.05, 3.63) is 35.9 Å². The number of nitrogens with one attached hydrogen (secondary N) is 1. The molecule has 1 saturated heterocycles. The molecule has 1 aliphatic heterocycles. The molecule has 1 fully saturated rings. The van der Waals surface area contributed by atoms with Gasteiger partial charge in [-0.15, -0.1) is 4.52 Å². The molecule has 1 unspecified atom stereocenters. The molecule has 0 spiro atoms. The summed E-state index contributed by atoms with van der Waals surface area (Å²) in [6, 6.07) is 8.47. The van der Waals surface area contributed by atoms with Crippen LogP contribution >= 0.6 is 8.03 Å². The Morgan fingerprint density at radius 1 is 1.03 bits per heavy atom. The highest BCUT2D eigenvalue weighted by molar-refractivity contribution is 7.39. The SMILES string of the molecule is O=C(NCCCC[C@H](O[P+](=O)CCCCCCCCO)C(=O)N1CCC[C@H]1C(=O)O)OCc1ccccc1. The van der Waals surface area contributed by atoms with Crippen LogP contribution in [-0.4, -0.2) is 71.1 Å². The van der Waals surface area contributed by atoms with Gasteiger partial charge in [0.1, 0.15) is 12.6 Å². The minimum atomic E-state index is -2.06. The van der Waals surface area contributed by atoms with Gasteiger partial charge in [-0.3, -0.25) is 4.79 Å². The number of likely N-dealkylation sites (tertiary alicyclic amines) is 1. The molecule has 1 aliphatic rings. The number of alkyl carbamates (subject to hydrolysis) is 1. The number of rotatable bonds is 19. The van der Waals surface area contributed by atoms with Crippen LogP contribution in [0, 0.1) is 0 Å². The maximum Gasteiger partial charge on any atom is 0.508 e. The average molecular weight is 554 g/mol. The second-order valence-corrected chi connectivity index (χ2v) is 10.8. The van der Waals surface area contributed by atoms with E-state index in [9.17, 15) is 24.1 Å². The first kappa shape index (κ1) is 31.7. The molecule has 11 heteroatoms. The van der Waals surface area contributed by atoms with Gasteiger partial charge >= 0.3 is 20.1 Å². The van der Waals surface area contributed by atoms with Gasteiger partial charge in [0.2, 0.25) is 0 Å². The quantitative estimate of drug-likeness (QED) is 0.166. The first-order chi connectivity index (χ1) is 18.4. The molecule has 2 rings (SSSR count). The van der Waals surface area contributed by atoms with Gasteiger partial charge in [-0.05, 0) is 61.5 Å². The first-order valence-electron chi connectivity index (χ1n) is 13.6. The van der Waals surface area contributed by atoms with E-state index < -0.39 is 38.1 Å². The van der Waals surface area contributed by atoms with Crippen molar-refractivity contribution in [1.29, 1.82) is 0 Å². The number of ether oxygens (including phenoxy) is 1. The minimum Gasteiger partial charge on any atom is -0.480 e. The first-order valence-corrected chi connectivity index (χ1v) is 15.0. The molecule has 0 radical (unpaired) electrons. The van der Waals surface area contributed by atoms with Crippen molar-refractivity contribution >= 4 is 26.0 Å². The zero-order chi connectivity index (χ0) is 27.6. The van der Waals surface area contributed by atoms with Crippen molar-refractivity contribution in [3.63, 3.8) is 0 Å². The van der Waals surface area contributed by atoms with Gasteiger partial charge in [0.25, 0.3) is 5.91 Å². The normalized spacial score (nSPS) is 16.2. The molecular formula is C27H42N2O8P+. The molecule has 212 valence electrons. The monoisotopic (exact) mass is 553 g/mol. The Balaban J connectivity index is 1.77. The van der Waals surface area contributed by atoms with Crippen LogP contribution in [0.25, 0.3) is 0 Å². The third-order valence-electron chi connectivity index (χ3n) is 6.47. The highest BCUT2D eigenvalue weighted by Gasteiger charge is 2.40. The second-order valence-electron chi connectivity index (χ2n) is 9.51. The number of aliphatic hydroxyl groups is 1. The van der Waals surface area contributed by atoms with Gasteiger partial charge in [-0.1, -0.05) is 49.6 Å². The summed E-state index contributed by atoms with van der Waals surface area (Å²) in [7, 11) is -2.06. The molecule has 1 aromatic carbocycles. The number of hydrogen-bond acceptors (Lipinski definition) is 7. The standard InChI is InChI=1S/C27H41N2O8P/c30-19-10-3-1-2-4-11-20-38(35)37-24(25(31)29-18-12-15-23(29)26(32)33)16-8-9-17-28-27(34)36-21-22-13-6-5-7-14-22/h5-7,13-14,23-24,30H,1-4,8-12,15-21H2,(H-,28,32,33,34)/p+1/t23-,24-/m0/s1. The Kier molecular flexibility index (Phi) is 15.5. The van der Waals surface area contributed by atoms with Crippen molar-refractivity contribution in [2.24, 2.45) is 0 Å². The number of benzene rings is 1. The van der Waals surface area contributed by atoms with E-state index in [0.29, 0.717) is 51.4 Å². The maximum absolute atomic E-state index is 13.2. The van der Waals surface area contributed by atoms with Crippen LogP contribution in [-0.2, 0) is 30.0 Å². The van der Waals surface area contributed by atoms with Crippen LogP contribution < -0.4 is 5.32 Å². The van der Waals surface area contributed by atoms with E-state index >= 15 is 0 Å². The summed E-state index contributed by atoms with van der Waals surface area (Å²) in [5.41, 5.74) is 0.888. The molecule has 0 saturated carbocycles. The summed E-state index contributed by atoms with van der Waals surface area (Å²) in [5, 5.41) is 21.0. The smallest absolute Gasteiger partial charge is 0.480 e. The summed E-state index contributed by atoms with van der Waals surface area (Å²) in [6.07, 6.45) is 6.56. The van der Waals surface area contributed by atoms with Crippen LogP contribution in [0.15, 0.2) is 30.3 Å². The number of carboxylic acids is 1. The molecule has 0 aliphatic carbocycles. The van der Waals surface area contributed by atoms with Gasteiger partial charge in [-0.25, -0.2) is 9.59 Å². The third kappa shape index (κ3) is 12.3. The molecule has 10 nitrogen and oxygen atoms in total. The number of aliphatic hydroxyl groups excluding tert-OH is 1. The largest absolute Gasteiger partial charge is 0.508 e. The lowest BCUT2D eigenvalue weighted by atomic mass is 10.1. The molecule has 0 bridgehead atoms. The van der Waals surface area contributed by atoms with Crippen LogP contribution in [0.3, 0.4) is 0 Å². The number of hydrogen-bond donors (Lipinski definition) is 3. The average Bonchev–Trinajstić information content (AvgIpc) is 3.41. The lowest BCUT2D eigenvalue weighted by Gasteiger charge is -2.24. The van der Waals surface area contributed by atoms with E-state index in [0.717, 1.165) is 37.7 Å². The Hall–Kier alpha value is -2.55. The topological polar surface area (TPSA) is 142 Å². The lowest BCUT2D eigenvalue weighted by Crippen LogP contribution is -2.45. The molecule has 1 aromatic rings. The predicted octanol–water partition coefficient (Wildman–Crippen LogP) is 4.62. The molecule has 38 heavy (non-hydrogen) atoms. The van der Waals surface area contributed by atoms with Crippen molar-refractivity contribution < 1.29 is 38.4 Å². The van der Waals surface area contributed by atoms with Crippen LogP contribution in [0.4, 0.5) is 4.79 Å². The van der Waals surface area contributed by atoms with E-state index in [2.05, 4.69) is 5.32 Å². The van der Waals surface area contributed by atoms with Crippen molar-refractivity contribution in [3.8, 4) is 0 Å². The fourth-order valence-electron chi connectivity index (χ4n) is 4.37. The Morgan fingerprint density at radius 2 is 1.74 bits per heavy atom. The third-order valence-corrected chi connectivity index (χ3v) is 7.64. The highest BCUT2D eigenvalue weighted by atomic mass is 31.1. The van der Waals surface area contributed by atoms with E-state index in [1.807, 2.05) is 30.3 Å². The van der Waals surface area contributed by atoms with E-state index in [4.69, 9.17) is 14.4 Å². The number of carbonyl (C=O) groups is 3. The van der Waals surface area contributed by atoms with Gasteiger partial charge < -0.3 is 25.2 Å². The number of aliphatic carboxylic acids is 1. The number of unbranched alkanes of at least 4 members (excludes halogenated alkanes) is 6. The summed E-state index contributed by atoms with van der Waals surface area (Å²) < 4.78 is 23.5. The molecule has 3 N–H and O–H groups in total. The fraction of sp³-hybridized carbons (Fsp3) is 0.667. The fourth-order valence-corrected chi connectivity index (χ4v) is 5.43. The van der Waals surface area contributed by atoms with Gasteiger partial charge in [0.15, 0.2) is 12.3 Å². The van der Waals surface area contributed by atoms with E-state index in [-0.39, 0.29) is 19.6 Å². The Morgan fingerprint density at radius 3 is 2.45 bits per heavy atom. The molecular weight excluding hydrogens is 511 g/mol. The maximum atomic E-state index is 13.2. The summed E-state index contributed by atoms with van der Waals surface area (Å²) in [6.45, 7) is 1.06. The van der Waals surface area contributed by atoms with Crippen molar-refractivity contribution in [2.45, 2.75) is 89.4 Å². The zero-order valence-corrected chi connectivity index (χ0v) is 23.0. The molecule has 0 aromatic heterocycles. The zero-order valence-electron chi connectivity index (χ0n) is 22.1. The second kappa shape index (κ2) is 18.7. The van der Waals surface area contributed by atoms with Gasteiger partial charge in [0.05, 0.1) is 0 Å². The van der Waals surface area contributed by atoms with Crippen LogP contribution in [0.5, 0.6) is 0 Å². The number of carbonyl (C=O) groups excluding carboxylic acids is 2. The van der Waals surface area contributed by atoms with Crippen molar-refractivity contribution in [2.75, 3.05) is 25.9 Å². The Bertz CT molecular complexity index is 870. The molecule has 2 amide bonds. The van der Waals surface area contributed by atoms with Crippen LogP contribution in [0.2, 0.25) is 0 Å². The molecule has 1 heterocycles. The van der Waals surface area contributed by atoms with E-state index in [1.54, 1.807) is 0 Å².